The Balaban J connectivity index is 1.52. The van der Waals surface area contributed by atoms with Crippen molar-refractivity contribution in [2.75, 3.05) is 23.8 Å². The predicted octanol–water partition coefficient (Wildman–Crippen LogP) is 4.68. The van der Waals surface area contributed by atoms with Gasteiger partial charge in [-0.05, 0) is 43.7 Å². The van der Waals surface area contributed by atoms with Gasteiger partial charge in [-0.1, -0.05) is 24.6 Å². The number of thiophene rings is 1. The fourth-order valence-corrected chi connectivity index (χ4v) is 6.05. The summed E-state index contributed by atoms with van der Waals surface area (Å²) in [6.45, 7) is 0.928. The highest BCUT2D eigenvalue weighted by Gasteiger charge is 2.36. The third-order valence-electron chi connectivity index (χ3n) is 6.59. The highest BCUT2D eigenvalue weighted by atomic mass is 32.1. The number of nitrogens with one attached hydrogen (secondary N) is 2. The molecule has 31 heavy (non-hydrogen) atoms. The number of piperidine rings is 1. The van der Waals surface area contributed by atoms with Crippen LogP contribution >= 0.6 is 11.3 Å². The number of amides is 2. The van der Waals surface area contributed by atoms with Crippen LogP contribution in [0.4, 0.5) is 11.5 Å². The Bertz CT molecular complexity index is 1140. The number of hydrogen-bond acceptors (Lipinski definition) is 5. The molecule has 6 nitrogen and oxygen atoms in total. The summed E-state index contributed by atoms with van der Waals surface area (Å²) < 4.78 is 1.08. The number of hydrogen-bond donors (Lipinski definition) is 2. The van der Waals surface area contributed by atoms with Gasteiger partial charge in [-0.25, -0.2) is 4.98 Å². The molecule has 1 aliphatic carbocycles. The number of fused-ring (bicyclic) bond motifs is 2. The van der Waals surface area contributed by atoms with E-state index >= 15 is 0 Å². The first-order valence-electron chi connectivity index (χ1n) is 10.9. The Morgan fingerprint density at radius 2 is 1.97 bits per heavy atom. The molecule has 0 radical (unpaired) electrons. The molecule has 2 atom stereocenters. The van der Waals surface area contributed by atoms with Gasteiger partial charge in [0.05, 0.1) is 16.8 Å². The zero-order valence-corrected chi connectivity index (χ0v) is 18.4. The van der Waals surface area contributed by atoms with Crippen molar-refractivity contribution >= 4 is 44.7 Å². The lowest BCUT2D eigenvalue weighted by molar-refractivity contribution is 0.0961. The highest BCUT2D eigenvalue weighted by molar-refractivity contribution is 7.17. The second kappa shape index (κ2) is 8.30. The fourth-order valence-electron chi connectivity index (χ4n) is 5.11. The van der Waals surface area contributed by atoms with Crippen molar-refractivity contribution in [1.82, 2.24) is 10.3 Å². The van der Waals surface area contributed by atoms with Crippen LogP contribution in [-0.4, -0.2) is 36.4 Å². The standard InChI is InChI=1S/C24H26N4O2S/c1-25-23(29)16-12-19(27-24(30)18-14-31-21-10-3-2-8-17(18)21)22(26-13-16)28-11-5-7-15-6-4-9-20(15)28/h2-3,8,10,12-15,20H,4-7,9,11H2,1H3,(H,25,29)(H,27,30)/t15-,20-/m0/s1. The average molecular weight is 435 g/mol. The predicted molar refractivity (Wildman–Crippen MR) is 125 cm³/mol. The molecule has 1 aliphatic heterocycles. The third kappa shape index (κ3) is 3.67. The summed E-state index contributed by atoms with van der Waals surface area (Å²) in [5, 5.41) is 8.56. The molecule has 3 aromatic rings. The average Bonchev–Trinajstić information content (AvgIpc) is 3.45. The maximum atomic E-state index is 13.3. The Labute approximate surface area is 185 Å². The molecule has 2 amide bonds. The first kappa shape index (κ1) is 20.0. The minimum atomic E-state index is -0.215. The molecule has 160 valence electrons. The largest absolute Gasteiger partial charge is 0.355 e. The van der Waals surface area contributed by atoms with Gasteiger partial charge in [-0.3, -0.25) is 9.59 Å². The second-order valence-corrected chi connectivity index (χ2v) is 9.28. The summed E-state index contributed by atoms with van der Waals surface area (Å²) in [6.07, 6.45) is 7.67. The Morgan fingerprint density at radius 3 is 2.84 bits per heavy atom. The van der Waals surface area contributed by atoms with Crippen LogP contribution in [0.15, 0.2) is 41.9 Å². The first-order chi connectivity index (χ1) is 15.2. The summed E-state index contributed by atoms with van der Waals surface area (Å²) in [6, 6.07) is 10.1. The van der Waals surface area contributed by atoms with Gasteiger partial charge in [0, 0.05) is 41.3 Å². The lowest BCUT2D eigenvalue weighted by atomic mass is 9.92. The van der Waals surface area contributed by atoms with E-state index in [9.17, 15) is 9.59 Å². The number of anilines is 2. The van der Waals surface area contributed by atoms with E-state index in [4.69, 9.17) is 0 Å². The second-order valence-electron chi connectivity index (χ2n) is 8.37. The molecule has 2 aliphatic rings. The Kier molecular flexibility index (Phi) is 5.36. The molecule has 3 heterocycles. The summed E-state index contributed by atoms with van der Waals surface area (Å²) in [5.41, 5.74) is 1.69. The van der Waals surface area contributed by atoms with Crippen molar-refractivity contribution in [3.05, 3.63) is 53.0 Å². The lowest BCUT2D eigenvalue weighted by Crippen LogP contribution is -2.43. The van der Waals surface area contributed by atoms with Gasteiger partial charge in [0.2, 0.25) is 0 Å². The van der Waals surface area contributed by atoms with Crippen LogP contribution in [0.1, 0.15) is 52.8 Å². The summed E-state index contributed by atoms with van der Waals surface area (Å²) in [4.78, 5) is 32.5. The number of carbonyl (C=O) groups is 2. The molecule has 0 bridgehead atoms. The number of carbonyl (C=O) groups excluding carboxylic acids is 2. The molecule has 5 rings (SSSR count). The number of aromatic nitrogens is 1. The van der Waals surface area contributed by atoms with Crippen LogP contribution in [0.2, 0.25) is 0 Å². The topological polar surface area (TPSA) is 74.3 Å². The molecule has 2 aromatic heterocycles. The zero-order valence-electron chi connectivity index (χ0n) is 17.6. The molecule has 7 heteroatoms. The normalized spacial score (nSPS) is 20.5. The monoisotopic (exact) mass is 434 g/mol. The number of benzene rings is 1. The van der Waals surface area contributed by atoms with Crippen molar-refractivity contribution in [3.63, 3.8) is 0 Å². The van der Waals surface area contributed by atoms with Crippen molar-refractivity contribution in [1.29, 1.82) is 0 Å². The van der Waals surface area contributed by atoms with Gasteiger partial charge in [0.25, 0.3) is 11.8 Å². The van der Waals surface area contributed by atoms with Crippen LogP contribution in [0.25, 0.3) is 10.1 Å². The van der Waals surface area contributed by atoms with Crippen LogP contribution in [0, 0.1) is 5.92 Å². The third-order valence-corrected chi connectivity index (χ3v) is 7.56. The molecule has 0 unspecified atom stereocenters. The molecule has 1 saturated heterocycles. The number of rotatable bonds is 4. The number of nitrogens with zero attached hydrogens (tertiary/aromatic N) is 2. The summed E-state index contributed by atoms with van der Waals surface area (Å²) >= 11 is 1.56. The van der Waals surface area contributed by atoms with Gasteiger partial charge >= 0.3 is 0 Å². The van der Waals surface area contributed by atoms with E-state index < -0.39 is 0 Å². The minimum Gasteiger partial charge on any atom is -0.355 e. The first-order valence-corrected chi connectivity index (χ1v) is 11.8. The Morgan fingerprint density at radius 1 is 1.13 bits per heavy atom. The van der Waals surface area contributed by atoms with Crippen LogP contribution in [-0.2, 0) is 0 Å². The summed E-state index contributed by atoms with van der Waals surface area (Å²) in [7, 11) is 1.60. The van der Waals surface area contributed by atoms with Crippen molar-refractivity contribution in [2.24, 2.45) is 5.92 Å². The zero-order chi connectivity index (χ0) is 21.4. The van der Waals surface area contributed by atoms with Crippen molar-refractivity contribution in [3.8, 4) is 0 Å². The van der Waals surface area contributed by atoms with Gasteiger partial charge in [-0.2, -0.15) is 0 Å². The maximum Gasteiger partial charge on any atom is 0.257 e. The molecule has 2 fully saturated rings. The highest BCUT2D eigenvalue weighted by Crippen LogP contribution is 2.41. The van der Waals surface area contributed by atoms with E-state index in [0.29, 0.717) is 28.8 Å². The lowest BCUT2D eigenvalue weighted by Gasteiger charge is -2.39. The number of pyridine rings is 1. The van der Waals surface area contributed by atoms with Crippen LogP contribution in [0.5, 0.6) is 0 Å². The van der Waals surface area contributed by atoms with E-state index in [1.807, 2.05) is 29.6 Å². The van der Waals surface area contributed by atoms with E-state index in [2.05, 4.69) is 20.5 Å². The molecule has 1 aromatic carbocycles. The van der Waals surface area contributed by atoms with E-state index in [1.54, 1.807) is 30.6 Å². The molecule has 0 spiro atoms. The molecular formula is C24H26N4O2S. The maximum absolute atomic E-state index is 13.3. The quantitative estimate of drug-likeness (QED) is 0.625. The van der Waals surface area contributed by atoms with Crippen molar-refractivity contribution < 1.29 is 9.59 Å². The molecular weight excluding hydrogens is 408 g/mol. The minimum absolute atomic E-state index is 0.172. The van der Waals surface area contributed by atoms with E-state index in [1.165, 1.54) is 19.3 Å². The van der Waals surface area contributed by atoms with Crippen LogP contribution in [0.3, 0.4) is 0 Å². The summed E-state index contributed by atoms with van der Waals surface area (Å²) in [5.74, 6) is 1.08. The smallest absolute Gasteiger partial charge is 0.257 e. The van der Waals surface area contributed by atoms with Crippen molar-refractivity contribution in [2.45, 2.75) is 38.1 Å². The van der Waals surface area contributed by atoms with Gasteiger partial charge < -0.3 is 15.5 Å². The molecule has 1 saturated carbocycles. The van der Waals surface area contributed by atoms with Gasteiger partial charge in [0.15, 0.2) is 5.82 Å². The van der Waals surface area contributed by atoms with Gasteiger partial charge in [0.1, 0.15) is 0 Å². The van der Waals surface area contributed by atoms with Crippen LogP contribution < -0.4 is 15.5 Å². The van der Waals surface area contributed by atoms with Gasteiger partial charge in [-0.15, -0.1) is 11.3 Å². The molecule has 2 N–H and O–H groups in total. The van der Waals surface area contributed by atoms with E-state index in [0.717, 1.165) is 35.3 Å². The SMILES string of the molecule is CNC(=O)c1cnc(N2CCC[C@@H]3CCC[C@@H]32)c(NC(=O)c2csc3ccccc23)c1. The van der Waals surface area contributed by atoms with E-state index in [-0.39, 0.29) is 11.8 Å². The fraction of sp³-hybridized carbons (Fsp3) is 0.375. The Hall–Kier alpha value is -2.93.